The van der Waals surface area contributed by atoms with Gasteiger partial charge in [-0.1, -0.05) is 37.3 Å². The SMILES string of the molecule is CCCCOc1cnc(-c2ccc(C#Cc3ccc4cc(F)ccc4c3)c(F)c2)nc1. The van der Waals surface area contributed by atoms with Gasteiger partial charge in [0, 0.05) is 11.1 Å². The average molecular weight is 414 g/mol. The van der Waals surface area contributed by atoms with Crippen LogP contribution in [0, 0.1) is 23.5 Å². The molecule has 154 valence electrons. The third-order valence-electron chi connectivity index (χ3n) is 4.77. The highest BCUT2D eigenvalue weighted by molar-refractivity contribution is 5.84. The van der Waals surface area contributed by atoms with Crippen molar-refractivity contribution in [3.8, 4) is 29.0 Å². The minimum atomic E-state index is -0.445. The number of benzene rings is 3. The molecule has 0 spiro atoms. The summed E-state index contributed by atoms with van der Waals surface area (Å²) in [6.45, 7) is 2.71. The van der Waals surface area contributed by atoms with Crippen LogP contribution in [0.3, 0.4) is 0 Å². The van der Waals surface area contributed by atoms with Gasteiger partial charge in [0.15, 0.2) is 11.6 Å². The van der Waals surface area contributed by atoms with Gasteiger partial charge in [-0.05, 0) is 59.7 Å². The van der Waals surface area contributed by atoms with Gasteiger partial charge in [-0.3, -0.25) is 0 Å². The Bertz CT molecular complexity index is 1270. The highest BCUT2D eigenvalue weighted by atomic mass is 19.1. The van der Waals surface area contributed by atoms with E-state index in [2.05, 4.69) is 28.7 Å². The molecule has 0 saturated heterocycles. The second-order valence-electron chi connectivity index (χ2n) is 7.10. The summed E-state index contributed by atoms with van der Waals surface area (Å²) in [7, 11) is 0. The van der Waals surface area contributed by atoms with Crippen molar-refractivity contribution in [1.82, 2.24) is 9.97 Å². The van der Waals surface area contributed by atoms with Crippen molar-refractivity contribution in [2.24, 2.45) is 0 Å². The standard InChI is InChI=1S/C26H20F2N2O/c1-2-3-12-31-24-16-29-26(30-17-24)22-9-8-19(25(28)15-22)6-4-18-5-7-21-14-23(27)11-10-20(21)13-18/h5,7-11,13-17H,2-3,12H2,1H3. The maximum atomic E-state index is 14.6. The van der Waals surface area contributed by atoms with Gasteiger partial charge in [0.25, 0.3) is 0 Å². The summed E-state index contributed by atoms with van der Waals surface area (Å²) >= 11 is 0. The third-order valence-corrected chi connectivity index (χ3v) is 4.77. The molecule has 31 heavy (non-hydrogen) atoms. The van der Waals surface area contributed by atoms with Gasteiger partial charge in [0.2, 0.25) is 0 Å². The molecule has 0 radical (unpaired) electrons. The number of hydrogen-bond acceptors (Lipinski definition) is 3. The van der Waals surface area contributed by atoms with E-state index in [1.165, 1.54) is 18.2 Å². The van der Waals surface area contributed by atoms with Gasteiger partial charge in [0.1, 0.15) is 11.6 Å². The molecular formula is C26H20F2N2O. The summed E-state index contributed by atoms with van der Waals surface area (Å²) in [6, 6.07) is 14.7. The van der Waals surface area contributed by atoms with Crippen LogP contribution in [0.25, 0.3) is 22.2 Å². The van der Waals surface area contributed by atoms with E-state index in [4.69, 9.17) is 4.74 Å². The Morgan fingerprint density at radius 3 is 2.42 bits per heavy atom. The molecule has 4 rings (SSSR count). The minimum absolute atomic E-state index is 0.280. The highest BCUT2D eigenvalue weighted by Gasteiger charge is 2.07. The fourth-order valence-corrected chi connectivity index (χ4v) is 3.06. The van der Waals surface area contributed by atoms with E-state index in [0.717, 1.165) is 29.2 Å². The van der Waals surface area contributed by atoms with Crippen LogP contribution < -0.4 is 4.74 Å². The Hall–Kier alpha value is -3.78. The monoisotopic (exact) mass is 414 g/mol. The van der Waals surface area contributed by atoms with E-state index in [1.807, 2.05) is 6.07 Å². The van der Waals surface area contributed by atoms with Crippen molar-refractivity contribution in [2.75, 3.05) is 6.61 Å². The van der Waals surface area contributed by atoms with Crippen molar-refractivity contribution in [2.45, 2.75) is 19.8 Å². The summed E-state index contributed by atoms with van der Waals surface area (Å²) in [5, 5.41) is 1.67. The Kier molecular flexibility index (Phi) is 6.18. The number of halogens is 2. The van der Waals surface area contributed by atoms with E-state index in [1.54, 1.807) is 42.7 Å². The largest absolute Gasteiger partial charge is 0.490 e. The second kappa shape index (κ2) is 9.36. The maximum absolute atomic E-state index is 14.6. The van der Waals surface area contributed by atoms with E-state index in [9.17, 15) is 8.78 Å². The van der Waals surface area contributed by atoms with Crippen LogP contribution >= 0.6 is 0 Å². The van der Waals surface area contributed by atoms with Crippen LogP contribution in [0.5, 0.6) is 5.75 Å². The lowest BCUT2D eigenvalue weighted by Gasteiger charge is -2.06. The number of ether oxygens (including phenoxy) is 1. The number of aromatic nitrogens is 2. The molecule has 0 aliphatic carbocycles. The van der Waals surface area contributed by atoms with Crippen LogP contribution in [0.4, 0.5) is 8.78 Å². The van der Waals surface area contributed by atoms with Crippen molar-refractivity contribution >= 4 is 10.8 Å². The summed E-state index contributed by atoms with van der Waals surface area (Å²) < 4.78 is 33.5. The van der Waals surface area contributed by atoms with Crippen LogP contribution in [-0.4, -0.2) is 16.6 Å². The molecule has 0 amide bonds. The Morgan fingerprint density at radius 1 is 0.871 bits per heavy atom. The smallest absolute Gasteiger partial charge is 0.159 e. The zero-order valence-electron chi connectivity index (χ0n) is 17.0. The third kappa shape index (κ3) is 5.04. The van der Waals surface area contributed by atoms with Crippen LogP contribution in [0.1, 0.15) is 30.9 Å². The first kappa shape index (κ1) is 20.5. The molecule has 0 fully saturated rings. The van der Waals surface area contributed by atoms with Gasteiger partial charge in [0.05, 0.1) is 24.6 Å². The zero-order valence-corrected chi connectivity index (χ0v) is 17.0. The summed E-state index contributed by atoms with van der Waals surface area (Å²) in [4.78, 5) is 8.52. The minimum Gasteiger partial charge on any atom is -0.490 e. The van der Waals surface area contributed by atoms with Gasteiger partial charge in [-0.25, -0.2) is 18.7 Å². The molecule has 4 aromatic rings. The van der Waals surface area contributed by atoms with Crippen molar-refractivity contribution in [3.05, 3.63) is 89.8 Å². The Balaban J connectivity index is 1.51. The zero-order chi connectivity index (χ0) is 21.6. The average Bonchev–Trinajstić information content (AvgIpc) is 2.79. The Morgan fingerprint density at radius 2 is 1.65 bits per heavy atom. The molecule has 0 N–H and O–H groups in total. The number of rotatable bonds is 5. The van der Waals surface area contributed by atoms with E-state index >= 15 is 0 Å². The molecular weight excluding hydrogens is 394 g/mol. The van der Waals surface area contributed by atoms with E-state index in [-0.39, 0.29) is 11.4 Å². The second-order valence-corrected chi connectivity index (χ2v) is 7.10. The topological polar surface area (TPSA) is 35.0 Å². The summed E-state index contributed by atoms with van der Waals surface area (Å²) in [5.74, 6) is 6.12. The van der Waals surface area contributed by atoms with Crippen molar-refractivity contribution in [3.63, 3.8) is 0 Å². The van der Waals surface area contributed by atoms with E-state index < -0.39 is 5.82 Å². The molecule has 1 aromatic heterocycles. The maximum Gasteiger partial charge on any atom is 0.159 e. The first-order valence-electron chi connectivity index (χ1n) is 10.1. The van der Waals surface area contributed by atoms with Gasteiger partial charge >= 0.3 is 0 Å². The number of unbranched alkanes of at least 4 members (excludes halogenated alkanes) is 1. The molecule has 0 atom stereocenters. The molecule has 0 saturated carbocycles. The highest BCUT2D eigenvalue weighted by Crippen LogP contribution is 2.20. The van der Waals surface area contributed by atoms with Gasteiger partial charge in [-0.15, -0.1) is 0 Å². The number of nitrogens with zero attached hydrogens (tertiary/aromatic N) is 2. The van der Waals surface area contributed by atoms with Crippen LogP contribution in [0.2, 0.25) is 0 Å². The fraction of sp³-hybridized carbons (Fsp3) is 0.154. The summed E-state index contributed by atoms with van der Waals surface area (Å²) in [6.07, 6.45) is 5.20. The fourth-order valence-electron chi connectivity index (χ4n) is 3.06. The molecule has 3 aromatic carbocycles. The summed E-state index contributed by atoms with van der Waals surface area (Å²) in [5.41, 5.74) is 1.57. The molecule has 5 heteroatoms. The predicted molar refractivity (Wildman–Crippen MR) is 118 cm³/mol. The van der Waals surface area contributed by atoms with Crippen LogP contribution in [-0.2, 0) is 0 Å². The molecule has 1 heterocycles. The van der Waals surface area contributed by atoms with Crippen molar-refractivity contribution < 1.29 is 13.5 Å². The normalized spacial score (nSPS) is 10.5. The van der Waals surface area contributed by atoms with Crippen molar-refractivity contribution in [1.29, 1.82) is 0 Å². The molecule has 3 nitrogen and oxygen atoms in total. The van der Waals surface area contributed by atoms with Crippen LogP contribution in [0.15, 0.2) is 67.0 Å². The molecule has 0 aliphatic heterocycles. The molecule has 0 unspecified atom stereocenters. The Labute approximate surface area is 179 Å². The first-order chi connectivity index (χ1) is 15.1. The lowest BCUT2D eigenvalue weighted by molar-refractivity contribution is 0.307. The van der Waals surface area contributed by atoms with Gasteiger partial charge < -0.3 is 4.74 Å². The lowest BCUT2D eigenvalue weighted by Crippen LogP contribution is -1.98. The molecule has 0 aliphatic rings. The predicted octanol–water partition coefficient (Wildman–Crippen LogP) is 6.15. The van der Waals surface area contributed by atoms with E-state index in [0.29, 0.717) is 23.7 Å². The number of fused-ring (bicyclic) bond motifs is 1. The first-order valence-corrected chi connectivity index (χ1v) is 10.1. The van der Waals surface area contributed by atoms with Gasteiger partial charge in [-0.2, -0.15) is 0 Å². The quantitative estimate of drug-likeness (QED) is 0.290. The lowest BCUT2D eigenvalue weighted by atomic mass is 10.1. The molecule has 0 bridgehead atoms. The number of hydrogen-bond donors (Lipinski definition) is 0.